The van der Waals surface area contributed by atoms with Crippen molar-refractivity contribution < 1.29 is 18.4 Å². The van der Waals surface area contributed by atoms with E-state index in [1.54, 1.807) is 31.5 Å². The Labute approximate surface area is 151 Å². The van der Waals surface area contributed by atoms with Gasteiger partial charge in [-0.25, -0.2) is 4.79 Å². The molecule has 0 spiro atoms. The van der Waals surface area contributed by atoms with E-state index in [1.165, 1.54) is 11.0 Å². The maximum Gasteiger partial charge on any atom is 0.336 e. The van der Waals surface area contributed by atoms with Crippen LogP contribution < -0.4 is 10.4 Å². The lowest BCUT2D eigenvalue weighted by molar-refractivity contribution is -0.132. The number of benzene rings is 1. The Balaban J connectivity index is 1.69. The first-order valence-corrected chi connectivity index (χ1v) is 8.52. The molecule has 0 radical (unpaired) electrons. The fourth-order valence-electron chi connectivity index (χ4n) is 2.76. The van der Waals surface area contributed by atoms with E-state index in [0.717, 1.165) is 23.8 Å². The first kappa shape index (κ1) is 17.8. The number of hydrogen-bond acceptors (Lipinski definition) is 5. The van der Waals surface area contributed by atoms with Crippen molar-refractivity contribution in [2.24, 2.45) is 0 Å². The molecule has 0 aliphatic carbocycles. The Morgan fingerprint density at radius 1 is 1.23 bits per heavy atom. The predicted molar refractivity (Wildman–Crippen MR) is 97.2 cm³/mol. The monoisotopic (exact) mass is 355 g/mol. The second-order valence-corrected chi connectivity index (χ2v) is 6.12. The van der Waals surface area contributed by atoms with Gasteiger partial charge in [0.15, 0.2) is 6.61 Å². The van der Waals surface area contributed by atoms with Gasteiger partial charge in [0.2, 0.25) is 0 Å². The zero-order valence-corrected chi connectivity index (χ0v) is 14.9. The first-order valence-electron chi connectivity index (χ1n) is 8.52. The van der Waals surface area contributed by atoms with E-state index < -0.39 is 0 Å². The van der Waals surface area contributed by atoms with Crippen molar-refractivity contribution in [3.05, 3.63) is 64.4 Å². The number of hydrogen-bond donors (Lipinski definition) is 0. The van der Waals surface area contributed by atoms with Crippen molar-refractivity contribution in [1.82, 2.24) is 4.90 Å². The maximum absolute atomic E-state index is 12.2. The molecule has 3 rings (SSSR count). The SMILES string of the molecule is CCCc1cc(=O)oc2cc(OCC(=O)N(C)Cc3ccco3)ccc12. The summed E-state index contributed by atoms with van der Waals surface area (Å²) >= 11 is 0. The number of amides is 1. The number of ether oxygens (including phenoxy) is 1. The summed E-state index contributed by atoms with van der Waals surface area (Å²) in [7, 11) is 1.69. The molecule has 2 aromatic heterocycles. The van der Waals surface area contributed by atoms with Gasteiger partial charge in [-0.15, -0.1) is 0 Å². The number of likely N-dealkylation sites (N-methyl/N-ethyl adjacent to an activating group) is 1. The number of nitrogens with zero attached hydrogens (tertiary/aromatic N) is 1. The summed E-state index contributed by atoms with van der Waals surface area (Å²) in [6.45, 7) is 2.33. The number of fused-ring (bicyclic) bond motifs is 1. The molecular formula is C20H21NO5. The number of furan rings is 1. The molecule has 0 aliphatic rings. The molecule has 6 nitrogen and oxygen atoms in total. The van der Waals surface area contributed by atoms with E-state index >= 15 is 0 Å². The van der Waals surface area contributed by atoms with Gasteiger partial charge in [-0.05, 0) is 36.2 Å². The predicted octanol–water partition coefficient (Wildman–Crippen LogP) is 3.38. The molecule has 1 aromatic carbocycles. The van der Waals surface area contributed by atoms with E-state index in [0.29, 0.717) is 23.6 Å². The standard InChI is InChI=1S/C20H21NO5/c1-3-5-14-10-20(23)26-18-11-15(7-8-17(14)18)25-13-19(22)21(2)12-16-6-4-9-24-16/h4,6-11H,3,5,12-13H2,1-2H3. The molecular weight excluding hydrogens is 334 g/mol. The van der Waals surface area contributed by atoms with Crippen LogP contribution in [0.4, 0.5) is 0 Å². The third-order valence-electron chi connectivity index (χ3n) is 4.08. The van der Waals surface area contributed by atoms with Gasteiger partial charge >= 0.3 is 5.63 Å². The van der Waals surface area contributed by atoms with Gasteiger partial charge in [-0.1, -0.05) is 13.3 Å². The molecule has 0 atom stereocenters. The van der Waals surface area contributed by atoms with Crippen molar-refractivity contribution in [3.63, 3.8) is 0 Å². The first-order chi connectivity index (χ1) is 12.6. The fourth-order valence-corrected chi connectivity index (χ4v) is 2.76. The number of carbonyl (C=O) groups is 1. The summed E-state index contributed by atoms with van der Waals surface area (Å²) in [4.78, 5) is 25.4. The van der Waals surface area contributed by atoms with Crippen LogP contribution in [0.25, 0.3) is 11.0 Å². The smallest absolute Gasteiger partial charge is 0.336 e. The Hall–Kier alpha value is -3.02. The van der Waals surface area contributed by atoms with Crippen molar-refractivity contribution in [1.29, 1.82) is 0 Å². The molecule has 136 valence electrons. The molecule has 6 heteroatoms. The molecule has 2 heterocycles. The molecule has 0 saturated carbocycles. The zero-order valence-electron chi connectivity index (χ0n) is 14.9. The zero-order chi connectivity index (χ0) is 18.5. The van der Waals surface area contributed by atoms with Crippen LogP contribution in [0.15, 0.2) is 56.3 Å². The second-order valence-electron chi connectivity index (χ2n) is 6.12. The minimum atomic E-state index is -0.382. The fraction of sp³-hybridized carbons (Fsp3) is 0.300. The van der Waals surface area contributed by atoms with Crippen molar-refractivity contribution in [2.75, 3.05) is 13.7 Å². The normalized spacial score (nSPS) is 10.8. The second kappa shape index (κ2) is 7.91. The quantitative estimate of drug-likeness (QED) is 0.608. The molecule has 0 bridgehead atoms. The highest BCUT2D eigenvalue weighted by Gasteiger charge is 2.12. The van der Waals surface area contributed by atoms with E-state index in [1.807, 2.05) is 12.1 Å². The lowest BCUT2D eigenvalue weighted by atomic mass is 10.1. The summed E-state index contributed by atoms with van der Waals surface area (Å²) < 4.78 is 16.1. The maximum atomic E-state index is 12.2. The molecule has 0 unspecified atom stereocenters. The van der Waals surface area contributed by atoms with Crippen LogP contribution in [0.5, 0.6) is 5.75 Å². The van der Waals surface area contributed by atoms with Gasteiger partial charge in [0.05, 0.1) is 12.8 Å². The van der Waals surface area contributed by atoms with Crippen molar-refractivity contribution in [3.8, 4) is 5.75 Å². The van der Waals surface area contributed by atoms with E-state index in [4.69, 9.17) is 13.6 Å². The molecule has 26 heavy (non-hydrogen) atoms. The molecule has 0 fully saturated rings. The summed E-state index contributed by atoms with van der Waals surface area (Å²) in [6, 6.07) is 10.4. The lowest BCUT2D eigenvalue weighted by Gasteiger charge is -2.16. The molecule has 0 aliphatic heterocycles. The van der Waals surface area contributed by atoms with Crippen molar-refractivity contribution in [2.45, 2.75) is 26.3 Å². The largest absolute Gasteiger partial charge is 0.484 e. The summed E-state index contributed by atoms with van der Waals surface area (Å²) in [6.07, 6.45) is 3.31. The van der Waals surface area contributed by atoms with Crippen LogP contribution in [0.1, 0.15) is 24.7 Å². The third kappa shape index (κ3) is 4.14. The lowest BCUT2D eigenvalue weighted by Crippen LogP contribution is -2.30. The van der Waals surface area contributed by atoms with Gasteiger partial charge in [0.1, 0.15) is 17.1 Å². The summed E-state index contributed by atoms with van der Waals surface area (Å²) in [5.41, 5.74) is 1.04. The molecule has 1 amide bonds. The topological polar surface area (TPSA) is 72.9 Å². The van der Waals surface area contributed by atoms with Gasteiger partial charge in [-0.3, -0.25) is 4.79 Å². The average molecular weight is 355 g/mol. The van der Waals surface area contributed by atoms with Gasteiger partial charge < -0.3 is 18.5 Å². The highest BCUT2D eigenvalue weighted by Crippen LogP contribution is 2.23. The van der Waals surface area contributed by atoms with Crippen molar-refractivity contribution >= 4 is 16.9 Å². The highest BCUT2D eigenvalue weighted by atomic mass is 16.5. The van der Waals surface area contributed by atoms with E-state index in [9.17, 15) is 9.59 Å². The Morgan fingerprint density at radius 2 is 2.08 bits per heavy atom. The number of aryl methyl sites for hydroxylation is 1. The number of carbonyl (C=O) groups excluding carboxylic acids is 1. The Morgan fingerprint density at radius 3 is 2.81 bits per heavy atom. The van der Waals surface area contributed by atoms with Gasteiger partial charge in [0, 0.05) is 24.6 Å². The molecule has 0 saturated heterocycles. The Bertz CT molecular complexity index is 942. The minimum Gasteiger partial charge on any atom is -0.484 e. The summed E-state index contributed by atoms with van der Waals surface area (Å²) in [5.74, 6) is 1.01. The van der Waals surface area contributed by atoms with E-state index in [2.05, 4.69) is 6.92 Å². The van der Waals surface area contributed by atoms with Crippen LogP contribution in [-0.2, 0) is 17.8 Å². The van der Waals surface area contributed by atoms with Crippen LogP contribution in [0, 0.1) is 0 Å². The van der Waals surface area contributed by atoms with Gasteiger partial charge in [0.25, 0.3) is 5.91 Å². The Kier molecular flexibility index (Phi) is 5.41. The summed E-state index contributed by atoms with van der Waals surface area (Å²) in [5, 5.41) is 0.889. The van der Waals surface area contributed by atoms with Crippen LogP contribution in [0.2, 0.25) is 0 Å². The van der Waals surface area contributed by atoms with E-state index in [-0.39, 0.29) is 18.1 Å². The van der Waals surface area contributed by atoms with Gasteiger partial charge in [-0.2, -0.15) is 0 Å². The average Bonchev–Trinajstić information content (AvgIpc) is 3.12. The van der Waals surface area contributed by atoms with Crippen LogP contribution >= 0.6 is 0 Å². The van der Waals surface area contributed by atoms with Crippen LogP contribution in [-0.4, -0.2) is 24.5 Å². The third-order valence-corrected chi connectivity index (χ3v) is 4.08. The number of rotatable bonds is 7. The minimum absolute atomic E-state index is 0.110. The highest BCUT2D eigenvalue weighted by molar-refractivity contribution is 5.82. The molecule has 0 N–H and O–H groups in total. The molecule has 3 aromatic rings. The van der Waals surface area contributed by atoms with Crippen LogP contribution in [0.3, 0.4) is 0 Å².